The molecule has 1 aliphatic rings. The molecule has 0 spiro atoms. The summed E-state index contributed by atoms with van der Waals surface area (Å²) in [5.41, 5.74) is 2.75. The van der Waals surface area contributed by atoms with E-state index in [2.05, 4.69) is 23.5 Å². The molecule has 3 nitrogen and oxygen atoms in total. The first-order valence-electron chi connectivity index (χ1n) is 8.07. The van der Waals surface area contributed by atoms with Gasteiger partial charge in [-0.05, 0) is 55.6 Å². The van der Waals surface area contributed by atoms with Gasteiger partial charge in [-0.25, -0.2) is 4.39 Å². The van der Waals surface area contributed by atoms with Crippen LogP contribution in [0.25, 0.3) is 0 Å². The van der Waals surface area contributed by atoms with Crippen LogP contribution >= 0.6 is 11.6 Å². The molecule has 1 aliphatic carbocycles. The van der Waals surface area contributed by atoms with Crippen molar-refractivity contribution in [2.45, 2.75) is 25.3 Å². The summed E-state index contributed by atoms with van der Waals surface area (Å²) in [6, 6.07) is 12.7. The van der Waals surface area contributed by atoms with Crippen molar-refractivity contribution in [3.63, 3.8) is 0 Å². The summed E-state index contributed by atoms with van der Waals surface area (Å²) in [5.74, 6) is -0.736. The number of hydrogen-bond acceptors (Lipinski definition) is 2. The smallest absolute Gasteiger partial charge is 0.238 e. The molecule has 0 aromatic heterocycles. The van der Waals surface area contributed by atoms with Crippen molar-refractivity contribution in [3.05, 3.63) is 64.4 Å². The van der Waals surface area contributed by atoms with Crippen molar-refractivity contribution in [2.24, 2.45) is 0 Å². The summed E-state index contributed by atoms with van der Waals surface area (Å²) in [7, 11) is 1.93. The second-order valence-corrected chi connectivity index (χ2v) is 6.63. The number of nitrogens with zero attached hydrogens (tertiary/aromatic N) is 1. The zero-order chi connectivity index (χ0) is 17.1. The summed E-state index contributed by atoms with van der Waals surface area (Å²) in [6.07, 6.45) is 3.21. The minimum Gasteiger partial charge on any atom is -0.322 e. The summed E-state index contributed by atoms with van der Waals surface area (Å²) < 4.78 is 13.7. The monoisotopic (exact) mass is 346 g/mol. The third-order valence-corrected chi connectivity index (χ3v) is 4.70. The minimum absolute atomic E-state index is 0.116. The van der Waals surface area contributed by atoms with Gasteiger partial charge in [-0.1, -0.05) is 35.9 Å². The first-order valence-corrected chi connectivity index (χ1v) is 8.45. The highest BCUT2D eigenvalue weighted by Crippen LogP contribution is 2.33. The highest BCUT2D eigenvalue weighted by molar-refractivity contribution is 6.30. The predicted molar refractivity (Wildman–Crippen MR) is 94.8 cm³/mol. The molecule has 1 atom stereocenters. The Morgan fingerprint density at radius 2 is 2.12 bits per heavy atom. The minimum atomic E-state index is -0.488. The van der Waals surface area contributed by atoms with Gasteiger partial charge < -0.3 is 5.32 Å². The Morgan fingerprint density at radius 1 is 1.33 bits per heavy atom. The molecule has 1 N–H and O–H groups in total. The summed E-state index contributed by atoms with van der Waals surface area (Å²) >= 11 is 5.86. The lowest BCUT2D eigenvalue weighted by Crippen LogP contribution is -2.35. The molecule has 0 heterocycles. The fourth-order valence-electron chi connectivity index (χ4n) is 3.31. The van der Waals surface area contributed by atoms with Gasteiger partial charge in [-0.3, -0.25) is 9.69 Å². The summed E-state index contributed by atoms with van der Waals surface area (Å²) in [6.45, 7) is 0.199. The Labute approximate surface area is 146 Å². The third kappa shape index (κ3) is 3.77. The number of benzene rings is 2. The highest BCUT2D eigenvalue weighted by Gasteiger charge is 2.24. The van der Waals surface area contributed by atoms with Crippen molar-refractivity contribution in [2.75, 3.05) is 18.9 Å². The van der Waals surface area contributed by atoms with Crippen LogP contribution in [0.4, 0.5) is 10.1 Å². The van der Waals surface area contributed by atoms with E-state index in [-0.39, 0.29) is 24.2 Å². The van der Waals surface area contributed by atoms with Gasteiger partial charge >= 0.3 is 0 Å². The number of rotatable bonds is 4. The van der Waals surface area contributed by atoms with Gasteiger partial charge in [0.25, 0.3) is 0 Å². The number of hydrogen-bond donors (Lipinski definition) is 1. The number of amides is 1. The second-order valence-electron chi connectivity index (χ2n) is 6.19. The van der Waals surface area contributed by atoms with E-state index in [1.807, 2.05) is 18.0 Å². The van der Waals surface area contributed by atoms with E-state index >= 15 is 0 Å². The molecular weight excluding hydrogens is 327 g/mol. The lowest BCUT2D eigenvalue weighted by atomic mass is 9.87. The van der Waals surface area contributed by atoms with E-state index in [9.17, 15) is 9.18 Å². The van der Waals surface area contributed by atoms with Crippen LogP contribution in [-0.4, -0.2) is 24.4 Å². The van der Waals surface area contributed by atoms with Crippen LogP contribution in [-0.2, 0) is 11.2 Å². The molecule has 0 bridgehead atoms. The van der Waals surface area contributed by atoms with Crippen molar-refractivity contribution < 1.29 is 9.18 Å². The second kappa shape index (κ2) is 7.32. The van der Waals surface area contributed by atoms with Crippen LogP contribution in [0.15, 0.2) is 42.5 Å². The van der Waals surface area contributed by atoms with Crippen LogP contribution in [0.5, 0.6) is 0 Å². The zero-order valence-corrected chi connectivity index (χ0v) is 14.3. The number of anilines is 1. The van der Waals surface area contributed by atoms with Crippen LogP contribution in [0.3, 0.4) is 0 Å². The number of likely N-dealkylation sites (N-methyl/N-ethyl adjacent to an activating group) is 1. The van der Waals surface area contributed by atoms with Crippen molar-refractivity contribution in [3.8, 4) is 0 Å². The summed E-state index contributed by atoms with van der Waals surface area (Å²) in [4.78, 5) is 14.3. The predicted octanol–water partition coefficient (Wildman–Crippen LogP) is 4.43. The number of nitrogens with one attached hydrogen (secondary N) is 1. The molecule has 1 amide bonds. The largest absolute Gasteiger partial charge is 0.322 e. The average molecular weight is 347 g/mol. The number of carbonyl (C=O) groups is 1. The molecule has 126 valence electrons. The maximum absolute atomic E-state index is 13.7. The van der Waals surface area contributed by atoms with Crippen molar-refractivity contribution >= 4 is 23.2 Å². The van der Waals surface area contributed by atoms with E-state index in [4.69, 9.17) is 11.6 Å². The maximum Gasteiger partial charge on any atom is 0.238 e. The first kappa shape index (κ1) is 16.9. The Hall–Kier alpha value is -1.91. The number of halogens is 2. The topological polar surface area (TPSA) is 32.3 Å². The number of aryl methyl sites for hydroxylation is 1. The van der Waals surface area contributed by atoms with E-state index in [1.54, 1.807) is 0 Å². The molecule has 0 radical (unpaired) electrons. The zero-order valence-electron chi connectivity index (χ0n) is 13.6. The lowest BCUT2D eigenvalue weighted by molar-refractivity contribution is -0.117. The highest BCUT2D eigenvalue weighted by atomic mass is 35.5. The van der Waals surface area contributed by atoms with Gasteiger partial charge in [0.1, 0.15) is 5.82 Å². The molecular formula is C19H20ClFN2O. The van der Waals surface area contributed by atoms with E-state index in [0.717, 1.165) is 19.3 Å². The normalized spacial score (nSPS) is 16.8. The number of carbonyl (C=O) groups excluding carboxylic acids is 1. The average Bonchev–Trinajstić information content (AvgIpc) is 2.57. The van der Waals surface area contributed by atoms with Crippen molar-refractivity contribution in [1.29, 1.82) is 0 Å². The molecule has 2 aromatic rings. The molecule has 24 heavy (non-hydrogen) atoms. The van der Waals surface area contributed by atoms with Crippen LogP contribution in [0, 0.1) is 5.82 Å². The molecule has 5 heteroatoms. The van der Waals surface area contributed by atoms with Gasteiger partial charge in [-0.15, -0.1) is 0 Å². The molecule has 0 unspecified atom stereocenters. The van der Waals surface area contributed by atoms with Crippen LogP contribution in [0.2, 0.25) is 5.02 Å². The van der Waals surface area contributed by atoms with Gasteiger partial charge in [-0.2, -0.15) is 0 Å². The summed E-state index contributed by atoms with van der Waals surface area (Å²) in [5, 5.41) is 3.00. The first-order chi connectivity index (χ1) is 11.5. The van der Waals surface area contributed by atoms with E-state index in [0.29, 0.717) is 5.02 Å². The standard InChI is InChI=1S/C19H20ClFN2O/c1-23(18-8-4-6-13-5-2-3-7-15(13)18)12-19(24)22-17-11-14(20)9-10-16(17)21/h2-3,5,7,9-11,18H,4,6,8,12H2,1H3,(H,22,24)/t18-/m0/s1. The van der Waals surface area contributed by atoms with Gasteiger partial charge in [0, 0.05) is 11.1 Å². The molecule has 2 aromatic carbocycles. The van der Waals surface area contributed by atoms with Gasteiger partial charge in [0.05, 0.1) is 12.2 Å². The Kier molecular flexibility index (Phi) is 5.17. The Morgan fingerprint density at radius 3 is 2.96 bits per heavy atom. The SMILES string of the molecule is CN(CC(=O)Nc1cc(Cl)ccc1F)[C@H]1CCCc2ccccc21. The van der Waals surface area contributed by atoms with Crippen LogP contribution < -0.4 is 5.32 Å². The molecule has 0 saturated heterocycles. The quantitative estimate of drug-likeness (QED) is 0.888. The van der Waals surface area contributed by atoms with Crippen molar-refractivity contribution in [1.82, 2.24) is 4.90 Å². The Bertz CT molecular complexity index is 750. The maximum atomic E-state index is 13.7. The fraction of sp³-hybridized carbons (Fsp3) is 0.316. The van der Waals surface area contributed by atoms with E-state index in [1.165, 1.54) is 29.3 Å². The Balaban J connectivity index is 1.68. The molecule has 0 aliphatic heterocycles. The van der Waals surface area contributed by atoms with Gasteiger partial charge in [0.15, 0.2) is 0 Å². The van der Waals surface area contributed by atoms with E-state index < -0.39 is 5.82 Å². The molecule has 0 saturated carbocycles. The fourth-order valence-corrected chi connectivity index (χ4v) is 3.48. The van der Waals surface area contributed by atoms with Gasteiger partial charge in [0.2, 0.25) is 5.91 Å². The van der Waals surface area contributed by atoms with Crippen LogP contribution in [0.1, 0.15) is 30.0 Å². The number of fused-ring (bicyclic) bond motifs is 1. The lowest BCUT2D eigenvalue weighted by Gasteiger charge is -2.32. The molecule has 0 fully saturated rings. The molecule has 3 rings (SSSR count). The third-order valence-electron chi connectivity index (χ3n) is 4.47.